The molecule has 1 aliphatic rings. The topological polar surface area (TPSA) is 123 Å². The Kier molecular flexibility index (Phi) is 5.16. The first kappa shape index (κ1) is 20.8. The molecule has 1 aromatic heterocycles. The van der Waals surface area contributed by atoms with E-state index in [0.717, 1.165) is 6.07 Å². The number of anilines is 1. The van der Waals surface area contributed by atoms with E-state index in [0.29, 0.717) is 22.2 Å². The second-order valence-corrected chi connectivity index (χ2v) is 7.72. The number of rotatable bonds is 5. The van der Waals surface area contributed by atoms with Crippen molar-refractivity contribution in [2.45, 2.75) is 18.6 Å². The van der Waals surface area contributed by atoms with Gasteiger partial charge >= 0.3 is 5.97 Å². The summed E-state index contributed by atoms with van der Waals surface area (Å²) in [5.74, 6) is -3.36. The number of hydrogen-bond donors (Lipinski definition) is 4. The molecule has 0 bridgehead atoms. The zero-order valence-corrected chi connectivity index (χ0v) is 16.7. The summed E-state index contributed by atoms with van der Waals surface area (Å²) < 4.78 is 13.4. The first-order chi connectivity index (χ1) is 14.7. The van der Waals surface area contributed by atoms with Gasteiger partial charge in [0.25, 0.3) is 11.8 Å². The summed E-state index contributed by atoms with van der Waals surface area (Å²) in [6.07, 6.45) is -0.132. The van der Waals surface area contributed by atoms with Gasteiger partial charge < -0.3 is 25.4 Å². The van der Waals surface area contributed by atoms with Crippen LogP contribution in [-0.4, -0.2) is 45.1 Å². The van der Waals surface area contributed by atoms with Gasteiger partial charge in [0, 0.05) is 41.1 Å². The summed E-state index contributed by atoms with van der Waals surface area (Å²) in [5, 5.41) is 23.0. The zero-order valence-electron chi connectivity index (χ0n) is 16.0. The molecule has 2 amide bonds. The molecule has 0 spiro atoms. The van der Waals surface area contributed by atoms with E-state index in [1.165, 1.54) is 23.1 Å². The maximum atomic E-state index is 13.4. The third-order valence-electron chi connectivity index (χ3n) is 5.19. The minimum Gasteiger partial charge on any atom is -0.477 e. The fraction of sp³-hybridized carbons (Fsp3) is 0.190. The quantitative estimate of drug-likeness (QED) is 0.449. The molecule has 2 aromatic carbocycles. The van der Waals surface area contributed by atoms with Crippen LogP contribution in [-0.2, 0) is 16.1 Å². The number of carboxylic acid groups (broad SMARTS) is 1. The highest BCUT2D eigenvalue weighted by Crippen LogP contribution is 2.31. The monoisotopic (exact) mass is 445 g/mol. The number of H-pyrrole nitrogens is 1. The number of aromatic carboxylic acids is 1. The number of fused-ring (bicyclic) bond motifs is 1. The summed E-state index contributed by atoms with van der Waals surface area (Å²) in [4.78, 5) is 40.6. The molecule has 0 saturated carbocycles. The molecule has 8 nitrogen and oxygen atoms in total. The van der Waals surface area contributed by atoms with Gasteiger partial charge in [-0.2, -0.15) is 0 Å². The Hall–Kier alpha value is -3.43. The first-order valence-electron chi connectivity index (χ1n) is 9.31. The lowest BCUT2D eigenvalue weighted by molar-refractivity contribution is -0.149. The molecular weight excluding hydrogens is 429 g/mol. The van der Waals surface area contributed by atoms with Crippen molar-refractivity contribution < 1.29 is 29.0 Å². The Morgan fingerprint density at radius 1 is 1.23 bits per heavy atom. The van der Waals surface area contributed by atoms with Crippen LogP contribution in [0, 0.1) is 5.82 Å². The maximum absolute atomic E-state index is 13.4. The van der Waals surface area contributed by atoms with Gasteiger partial charge in [-0.15, -0.1) is 0 Å². The van der Waals surface area contributed by atoms with Crippen LogP contribution in [0.2, 0.25) is 5.02 Å². The summed E-state index contributed by atoms with van der Waals surface area (Å²) >= 11 is 5.79. The molecule has 0 unspecified atom stereocenters. The Morgan fingerprint density at radius 3 is 2.71 bits per heavy atom. The first-order valence-corrected chi connectivity index (χ1v) is 9.69. The zero-order chi connectivity index (χ0) is 22.3. The van der Waals surface area contributed by atoms with E-state index in [4.69, 9.17) is 16.7 Å². The SMILES string of the molecule is O=C(O)c1cc2cc(N3CC[C@](O)(C(=O)NCc4cc(F)cc(Cl)c4)C3=O)ccc2[nH]1. The number of nitrogens with zero attached hydrogens (tertiary/aromatic N) is 1. The molecule has 1 fully saturated rings. The average molecular weight is 446 g/mol. The number of amides is 2. The summed E-state index contributed by atoms with van der Waals surface area (Å²) in [7, 11) is 0. The van der Waals surface area contributed by atoms with Gasteiger partial charge in [-0.3, -0.25) is 9.59 Å². The van der Waals surface area contributed by atoms with Crippen LogP contribution in [0.25, 0.3) is 10.9 Å². The van der Waals surface area contributed by atoms with Gasteiger partial charge in [0.15, 0.2) is 0 Å². The fourth-order valence-electron chi connectivity index (χ4n) is 3.61. The second-order valence-electron chi connectivity index (χ2n) is 7.29. The molecule has 2 heterocycles. The van der Waals surface area contributed by atoms with Crippen LogP contribution in [0.5, 0.6) is 0 Å². The van der Waals surface area contributed by atoms with Crippen molar-refractivity contribution >= 4 is 46.0 Å². The molecule has 1 atom stereocenters. The minimum absolute atomic E-state index is 0.00762. The van der Waals surface area contributed by atoms with Gasteiger partial charge in [0.2, 0.25) is 5.60 Å². The van der Waals surface area contributed by atoms with Gasteiger partial charge in [-0.25, -0.2) is 9.18 Å². The fourth-order valence-corrected chi connectivity index (χ4v) is 3.85. The normalized spacial score (nSPS) is 18.5. The molecule has 3 aromatic rings. The average Bonchev–Trinajstić information content (AvgIpc) is 3.27. The van der Waals surface area contributed by atoms with E-state index in [9.17, 15) is 23.9 Å². The van der Waals surface area contributed by atoms with Gasteiger partial charge in [0.05, 0.1) is 0 Å². The third kappa shape index (κ3) is 3.85. The molecule has 1 aliphatic heterocycles. The van der Waals surface area contributed by atoms with Crippen LogP contribution in [0.4, 0.5) is 10.1 Å². The molecule has 4 N–H and O–H groups in total. The molecule has 4 rings (SSSR count). The highest BCUT2D eigenvalue weighted by atomic mass is 35.5. The Bertz CT molecular complexity index is 1210. The molecule has 31 heavy (non-hydrogen) atoms. The summed E-state index contributed by atoms with van der Waals surface area (Å²) in [6, 6.07) is 10.0. The maximum Gasteiger partial charge on any atom is 0.352 e. The number of carbonyl (C=O) groups is 3. The van der Waals surface area contributed by atoms with E-state index in [1.54, 1.807) is 18.2 Å². The highest BCUT2D eigenvalue weighted by molar-refractivity contribution is 6.30. The standard InChI is InChI=1S/C21H17ClFN3O5/c22-13-5-11(6-14(23)9-13)10-24-19(29)21(31)3-4-26(20(21)30)15-1-2-16-12(7-15)8-17(25-16)18(27)28/h1-2,5-9,25,31H,3-4,10H2,(H,24,29)(H,27,28)/t21-/m0/s1. The van der Waals surface area contributed by atoms with E-state index in [1.807, 2.05) is 0 Å². The molecule has 0 radical (unpaired) electrons. The lowest BCUT2D eigenvalue weighted by Crippen LogP contribution is -2.52. The Morgan fingerprint density at radius 2 is 2.00 bits per heavy atom. The number of benzene rings is 2. The van der Waals surface area contributed by atoms with E-state index < -0.39 is 29.2 Å². The number of aliphatic hydroxyl groups is 1. The number of aromatic amines is 1. The van der Waals surface area contributed by atoms with Gasteiger partial charge in [0.1, 0.15) is 11.5 Å². The van der Waals surface area contributed by atoms with Crippen LogP contribution in [0.3, 0.4) is 0 Å². The van der Waals surface area contributed by atoms with E-state index in [2.05, 4.69) is 10.3 Å². The lowest BCUT2D eigenvalue weighted by Gasteiger charge is -2.22. The lowest BCUT2D eigenvalue weighted by atomic mass is 10.0. The molecular formula is C21H17ClFN3O5. The molecule has 1 saturated heterocycles. The second kappa shape index (κ2) is 7.68. The highest BCUT2D eigenvalue weighted by Gasteiger charge is 2.51. The van der Waals surface area contributed by atoms with Crippen molar-refractivity contribution in [3.8, 4) is 0 Å². The van der Waals surface area contributed by atoms with Crippen LogP contribution in [0.1, 0.15) is 22.5 Å². The van der Waals surface area contributed by atoms with Gasteiger partial charge in [-0.05, 0) is 48.0 Å². The predicted octanol–water partition coefficient (Wildman–Crippen LogP) is 2.44. The largest absolute Gasteiger partial charge is 0.477 e. The molecule has 0 aliphatic carbocycles. The Labute approximate surface area is 180 Å². The van der Waals surface area contributed by atoms with Crippen molar-refractivity contribution in [1.29, 1.82) is 0 Å². The number of halogens is 2. The number of nitrogens with one attached hydrogen (secondary N) is 2. The summed E-state index contributed by atoms with van der Waals surface area (Å²) in [5.41, 5.74) is -0.871. The van der Waals surface area contributed by atoms with Crippen LogP contribution in [0.15, 0.2) is 42.5 Å². The van der Waals surface area contributed by atoms with Crippen molar-refractivity contribution in [1.82, 2.24) is 10.3 Å². The van der Waals surface area contributed by atoms with Gasteiger partial charge in [-0.1, -0.05) is 11.6 Å². The van der Waals surface area contributed by atoms with Crippen molar-refractivity contribution in [3.05, 3.63) is 64.6 Å². The van der Waals surface area contributed by atoms with Crippen molar-refractivity contribution in [2.24, 2.45) is 0 Å². The molecule has 160 valence electrons. The Balaban J connectivity index is 1.51. The minimum atomic E-state index is -2.27. The number of carboxylic acids is 1. The third-order valence-corrected chi connectivity index (χ3v) is 5.41. The van der Waals surface area contributed by atoms with E-state index >= 15 is 0 Å². The number of carbonyl (C=O) groups excluding carboxylic acids is 2. The van der Waals surface area contributed by atoms with Crippen LogP contribution >= 0.6 is 11.6 Å². The van der Waals surface area contributed by atoms with Crippen molar-refractivity contribution in [3.63, 3.8) is 0 Å². The number of hydrogen-bond acceptors (Lipinski definition) is 4. The predicted molar refractivity (Wildman–Crippen MR) is 110 cm³/mol. The summed E-state index contributed by atoms with van der Waals surface area (Å²) in [6.45, 7) is -0.0184. The smallest absolute Gasteiger partial charge is 0.352 e. The van der Waals surface area contributed by atoms with Crippen molar-refractivity contribution in [2.75, 3.05) is 11.4 Å². The van der Waals surface area contributed by atoms with Crippen LogP contribution < -0.4 is 10.2 Å². The number of aromatic nitrogens is 1. The van der Waals surface area contributed by atoms with E-state index in [-0.39, 0.29) is 30.2 Å². The molecule has 10 heteroatoms.